The van der Waals surface area contributed by atoms with Gasteiger partial charge in [0.1, 0.15) is 12.2 Å². The van der Waals surface area contributed by atoms with Crippen molar-refractivity contribution in [3.8, 4) is 5.69 Å². The van der Waals surface area contributed by atoms with Gasteiger partial charge in [0.05, 0.1) is 10.6 Å². The average Bonchev–Trinajstić information content (AvgIpc) is 3.14. The van der Waals surface area contributed by atoms with Crippen molar-refractivity contribution in [1.82, 2.24) is 9.78 Å². The lowest BCUT2D eigenvalue weighted by atomic mass is 10.2. The molecule has 0 saturated carbocycles. The molecule has 0 fully saturated rings. The van der Waals surface area contributed by atoms with Crippen molar-refractivity contribution in [2.45, 2.75) is 6.61 Å². The summed E-state index contributed by atoms with van der Waals surface area (Å²) < 4.78 is 6.88. The molecular weight excluding hydrogens is 310 g/mol. The maximum atomic E-state index is 12.1. The Morgan fingerprint density at radius 3 is 2.54 bits per heavy atom. The maximum absolute atomic E-state index is 12.1. The molecule has 1 aromatic heterocycles. The van der Waals surface area contributed by atoms with Gasteiger partial charge < -0.3 is 4.74 Å². The summed E-state index contributed by atoms with van der Waals surface area (Å²) in [7, 11) is 0. The number of aromatic nitrogens is 2. The first-order chi connectivity index (χ1) is 11.6. The highest BCUT2D eigenvalue weighted by atomic mass is 16.6. The minimum absolute atomic E-state index is 0.0320. The summed E-state index contributed by atoms with van der Waals surface area (Å²) in [4.78, 5) is 22.4. The van der Waals surface area contributed by atoms with Gasteiger partial charge in [-0.25, -0.2) is 9.48 Å². The average molecular weight is 323 g/mol. The lowest BCUT2D eigenvalue weighted by Gasteiger charge is -2.07. The summed E-state index contributed by atoms with van der Waals surface area (Å²) in [6.07, 6.45) is 3.51. The van der Waals surface area contributed by atoms with Crippen molar-refractivity contribution in [1.29, 1.82) is 0 Å². The van der Waals surface area contributed by atoms with Gasteiger partial charge in [0.2, 0.25) is 0 Å². The molecule has 0 spiro atoms. The van der Waals surface area contributed by atoms with Crippen molar-refractivity contribution in [2.75, 3.05) is 0 Å². The van der Waals surface area contributed by atoms with Gasteiger partial charge in [-0.15, -0.1) is 0 Å². The molecule has 0 bridgehead atoms. The largest absolute Gasteiger partial charge is 0.457 e. The van der Waals surface area contributed by atoms with E-state index in [0.29, 0.717) is 0 Å². The van der Waals surface area contributed by atoms with Crippen LogP contribution in [0.1, 0.15) is 15.9 Å². The van der Waals surface area contributed by atoms with Crippen LogP contribution in [0.25, 0.3) is 5.69 Å². The lowest BCUT2D eigenvalue weighted by molar-refractivity contribution is -0.385. The summed E-state index contributed by atoms with van der Waals surface area (Å²) in [5, 5.41) is 15.1. The first kappa shape index (κ1) is 15.4. The number of nitro groups is 1. The zero-order valence-electron chi connectivity index (χ0n) is 12.5. The SMILES string of the molecule is O=C(OCc1ccc(-n2cccn2)cc1)c1ccccc1[N+](=O)[O-]. The van der Waals surface area contributed by atoms with Gasteiger partial charge in [-0.3, -0.25) is 10.1 Å². The maximum Gasteiger partial charge on any atom is 0.345 e. The quantitative estimate of drug-likeness (QED) is 0.409. The number of nitrogens with zero attached hydrogens (tertiary/aromatic N) is 3. The van der Waals surface area contributed by atoms with Crippen molar-refractivity contribution in [2.24, 2.45) is 0 Å². The van der Waals surface area contributed by atoms with Crippen LogP contribution in [-0.4, -0.2) is 20.7 Å². The molecule has 24 heavy (non-hydrogen) atoms. The third-order valence-electron chi connectivity index (χ3n) is 3.40. The molecule has 7 heteroatoms. The molecule has 0 aliphatic heterocycles. The Labute approximate surface area is 137 Å². The fourth-order valence-corrected chi connectivity index (χ4v) is 2.20. The Bertz CT molecular complexity index is 858. The summed E-state index contributed by atoms with van der Waals surface area (Å²) >= 11 is 0. The highest BCUT2D eigenvalue weighted by Gasteiger charge is 2.20. The molecule has 0 atom stereocenters. The van der Waals surface area contributed by atoms with Crippen LogP contribution in [0, 0.1) is 10.1 Å². The van der Waals surface area contributed by atoms with E-state index in [2.05, 4.69) is 5.10 Å². The Morgan fingerprint density at radius 1 is 1.12 bits per heavy atom. The summed E-state index contributed by atoms with van der Waals surface area (Å²) in [6.45, 7) is 0.0320. The van der Waals surface area contributed by atoms with Crippen molar-refractivity contribution in [3.05, 3.63) is 88.2 Å². The Balaban J connectivity index is 1.68. The summed E-state index contributed by atoms with van der Waals surface area (Å²) in [5.74, 6) is -0.724. The number of nitro benzene ring substituents is 1. The van der Waals surface area contributed by atoms with E-state index < -0.39 is 10.9 Å². The van der Waals surface area contributed by atoms with Crippen LogP contribution in [-0.2, 0) is 11.3 Å². The zero-order chi connectivity index (χ0) is 16.9. The third kappa shape index (κ3) is 3.30. The van der Waals surface area contributed by atoms with Crippen LogP contribution in [0.2, 0.25) is 0 Å². The van der Waals surface area contributed by atoms with Gasteiger partial charge >= 0.3 is 5.97 Å². The minimum atomic E-state index is -0.724. The monoisotopic (exact) mass is 323 g/mol. The number of carbonyl (C=O) groups excluding carboxylic acids is 1. The second-order valence-corrected chi connectivity index (χ2v) is 4.97. The van der Waals surface area contributed by atoms with E-state index in [-0.39, 0.29) is 17.9 Å². The molecule has 0 aliphatic rings. The first-order valence-corrected chi connectivity index (χ1v) is 7.14. The summed E-state index contributed by atoms with van der Waals surface area (Å²) in [6, 6.07) is 14.8. The molecule has 0 aliphatic carbocycles. The normalized spacial score (nSPS) is 10.3. The molecule has 0 amide bonds. The number of hydrogen-bond donors (Lipinski definition) is 0. The number of esters is 1. The number of ether oxygens (including phenoxy) is 1. The number of carbonyl (C=O) groups is 1. The molecular formula is C17H13N3O4. The van der Waals surface area contributed by atoms with E-state index in [1.165, 1.54) is 18.2 Å². The smallest absolute Gasteiger partial charge is 0.345 e. The van der Waals surface area contributed by atoms with Crippen molar-refractivity contribution in [3.63, 3.8) is 0 Å². The van der Waals surface area contributed by atoms with E-state index in [4.69, 9.17) is 4.74 Å². The minimum Gasteiger partial charge on any atom is -0.457 e. The highest BCUT2D eigenvalue weighted by molar-refractivity contribution is 5.93. The van der Waals surface area contributed by atoms with Gasteiger partial charge in [0, 0.05) is 18.5 Å². The molecule has 7 nitrogen and oxygen atoms in total. The second-order valence-electron chi connectivity index (χ2n) is 4.97. The Morgan fingerprint density at radius 2 is 1.88 bits per heavy atom. The van der Waals surface area contributed by atoms with E-state index in [1.54, 1.807) is 16.9 Å². The first-order valence-electron chi connectivity index (χ1n) is 7.14. The van der Waals surface area contributed by atoms with Gasteiger partial charge in [-0.1, -0.05) is 24.3 Å². The second kappa shape index (κ2) is 6.74. The highest BCUT2D eigenvalue weighted by Crippen LogP contribution is 2.19. The molecule has 1 heterocycles. The molecule has 0 unspecified atom stereocenters. The van der Waals surface area contributed by atoms with Crippen molar-refractivity contribution < 1.29 is 14.5 Å². The molecule has 3 aromatic rings. The van der Waals surface area contributed by atoms with Crippen LogP contribution >= 0.6 is 0 Å². The van der Waals surface area contributed by atoms with E-state index in [0.717, 1.165) is 11.3 Å². The fourth-order valence-electron chi connectivity index (χ4n) is 2.20. The van der Waals surface area contributed by atoms with Gasteiger partial charge in [0.15, 0.2) is 0 Å². The zero-order valence-corrected chi connectivity index (χ0v) is 12.5. The summed E-state index contributed by atoms with van der Waals surface area (Å²) in [5.41, 5.74) is 1.33. The Kier molecular flexibility index (Phi) is 4.33. The number of rotatable bonds is 5. The van der Waals surface area contributed by atoms with Crippen LogP contribution in [0.15, 0.2) is 67.0 Å². The molecule has 2 aromatic carbocycles. The van der Waals surface area contributed by atoms with E-state index >= 15 is 0 Å². The standard InChI is InChI=1S/C17H13N3O4/c21-17(15-4-1-2-5-16(15)20(22)23)24-12-13-6-8-14(9-7-13)19-11-3-10-18-19/h1-11H,12H2. The van der Waals surface area contributed by atoms with Crippen LogP contribution in [0.5, 0.6) is 0 Å². The lowest BCUT2D eigenvalue weighted by Crippen LogP contribution is -2.08. The number of para-hydroxylation sites is 1. The van der Waals surface area contributed by atoms with Crippen LogP contribution in [0.4, 0.5) is 5.69 Å². The predicted octanol–water partition coefficient (Wildman–Crippen LogP) is 3.14. The van der Waals surface area contributed by atoms with E-state index in [1.807, 2.05) is 36.5 Å². The van der Waals surface area contributed by atoms with Gasteiger partial charge in [-0.2, -0.15) is 5.10 Å². The molecule has 0 saturated heterocycles. The molecule has 0 radical (unpaired) electrons. The predicted molar refractivity (Wildman–Crippen MR) is 85.8 cm³/mol. The number of benzene rings is 2. The van der Waals surface area contributed by atoms with Gasteiger partial charge in [0.25, 0.3) is 5.69 Å². The van der Waals surface area contributed by atoms with Gasteiger partial charge in [-0.05, 0) is 29.8 Å². The third-order valence-corrected chi connectivity index (χ3v) is 3.40. The van der Waals surface area contributed by atoms with Crippen molar-refractivity contribution >= 4 is 11.7 Å². The molecule has 3 rings (SSSR count). The topological polar surface area (TPSA) is 87.3 Å². The van der Waals surface area contributed by atoms with Crippen LogP contribution < -0.4 is 0 Å². The molecule has 0 N–H and O–H groups in total. The van der Waals surface area contributed by atoms with Crippen LogP contribution in [0.3, 0.4) is 0 Å². The van der Waals surface area contributed by atoms with E-state index in [9.17, 15) is 14.9 Å². The Hall–Kier alpha value is -3.48. The number of hydrogen-bond acceptors (Lipinski definition) is 5. The fraction of sp³-hybridized carbons (Fsp3) is 0.0588. The molecule has 120 valence electrons.